The first-order valence-corrected chi connectivity index (χ1v) is 6.59. The number of aliphatic carboxylic acids is 1. The Labute approximate surface area is 117 Å². The topological polar surface area (TPSA) is 99.6 Å². The molecule has 1 heterocycles. The Morgan fingerprint density at radius 1 is 1.60 bits per heavy atom. The molecule has 2 rings (SSSR count). The molecule has 0 amide bonds. The van der Waals surface area contributed by atoms with Crippen molar-refractivity contribution in [2.45, 2.75) is 25.5 Å². The Bertz CT molecular complexity index is 518. The van der Waals surface area contributed by atoms with Crippen molar-refractivity contribution in [2.24, 2.45) is 5.73 Å². The summed E-state index contributed by atoms with van der Waals surface area (Å²) in [5.74, 6) is -0.208. The van der Waals surface area contributed by atoms with Crippen molar-refractivity contribution >= 4 is 11.8 Å². The highest BCUT2D eigenvalue weighted by Crippen LogP contribution is 2.23. The summed E-state index contributed by atoms with van der Waals surface area (Å²) in [6.07, 6.45) is 0.311. The van der Waals surface area contributed by atoms with Crippen LogP contribution in [-0.2, 0) is 4.79 Å². The van der Waals surface area contributed by atoms with Gasteiger partial charge in [0.25, 0.3) is 0 Å². The van der Waals surface area contributed by atoms with Crippen molar-refractivity contribution in [1.29, 1.82) is 5.41 Å². The minimum Gasteiger partial charge on any atom is -0.489 e. The van der Waals surface area contributed by atoms with Gasteiger partial charge in [0.1, 0.15) is 23.7 Å². The number of carboxylic acid groups (broad SMARTS) is 1. The maximum Gasteiger partial charge on any atom is 0.321 e. The number of ether oxygens (including phenoxy) is 1. The Morgan fingerprint density at radius 3 is 2.90 bits per heavy atom. The van der Waals surface area contributed by atoms with Crippen LogP contribution in [0.25, 0.3) is 0 Å². The van der Waals surface area contributed by atoms with Gasteiger partial charge in [0.2, 0.25) is 0 Å². The van der Waals surface area contributed by atoms with Gasteiger partial charge in [-0.25, -0.2) is 0 Å². The molecule has 1 saturated heterocycles. The predicted molar refractivity (Wildman–Crippen MR) is 75.2 cm³/mol. The number of likely N-dealkylation sites (N-methyl/N-ethyl adjacent to an activating group) is 1. The molecule has 0 radical (unpaired) electrons. The average molecular weight is 277 g/mol. The number of nitrogens with one attached hydrogen (secondary N) is 1. The lowest BCUT2D eigenvalue weighted by Gasteiger charge is -2.17. The summed E-state index contributed by atoms with van der Waals surface area (Å²) >= 11 is 0. The monoisotopic (exact) mass is 277 g/mol. The average Bonchev–Trinajstić information content (AvgIpc) is 2.82. The van der Waals surface area contributed by atoms with Crippen LogP contribution < -0.4 is 10.5 Å². The zero-order chi connectivity index (χ0) is 14.7. The molecule has 2 atom stereocenters. The van der Waals surface area contributed by atoms with E-state index in [2.05, 4.69) is 0 Å². The van der Waals surface area contributed by atoms with Gasteiger partial charge in [-0.2, -0.15) is 0 Å². The van der Waals surface area contributed by atoms with Crippen LogP contribution in [0, 0.1) is 5.41 Å². The molecule has 1 aliphatic heterocycles. The quantitative estimate of drug-likeness (QED) is 0.548. The van der Waals surface area contributed by atoms with Crippen LogP contribution in [0.4, 0.5) is 0 Å². The van der Waals surface area contributed by atoms with Crippen molar-refractivity contribution < 1.29 is 14.6 Å². The molecule has 1 aromatic rings. The van der Waals surface area contributed by atoms with Crippen LogP contribution in [0.1, 0.15) is 18.9 Å². The number of hydrogen-bond donors (Lipinski definition) is 3. The van der Waals surface area contributed by atoms with E-state index in [0.29, 0.717) is 30.8 Å². The SMILES string of the molecule is CCN1CC(Oc2cccc(C(=N)N)c2)CC1C(=O)O. The van der Waals surface area contributed by atoms with E-state index in [-0.39, 0.29) is 11.9 Å². The summed E-state index contributed by atoms with van der Waals surface area (Å²) in [6, 6.07) is 6.51. The van der Waals surface area contributed by atoms with Crippen LogP contribution >= 0.6 is 0 Å². The Kier molecular flexibility index (Phi) is 4.24. The van der Waals surface area contributed by atoms with Crippen molar-refractivity contribution in [3.8, 4) is 5.75 Å². The number of amidine groups is 1. The Balaban J connectivity index is 2.06. The van der Waals surface area contributed by atoms with Crippen molar-refractivity contribution in [2.75, 3.05) is 13.1 Å². The zero-order valence-electron chi connectivity index (χ0n) is 11.4. The molecule has 20 heavy (non-hydrogen) atoms. The minimum atomic E-state index is -0.810. The molecule has 0 aliphatic carbocycles. The van der Waals surface area contributed by atoms with Gasteiger partial charge in [-0.3, -0.25) is 15.1 Å². The number of nitrogens with zero attached hydrogens (tertiary/aromatic N) is 1. The van der Waals surface area contributed by atoms with Crippen molar-refractivity contribution in [3.63, 3.8) is 0 Å². The smallest absolute Gasteiger partial charge is 0.321 e. The Hall–Kier alpha value is -2.08. The fraction of sp³-hybridized carbons (Fsp3) is 0.429. The van der Waals surface area contributed by atoms with Gasteiger partial charge in [-0.05, 0) is 18.7 Å². The lowest BCUT2D eigenvalue weighted by molar-refractivity contribution is -0.142. The van der Waals surface area contributed by atoms with E-state index in [9.17, 15) is 9.90 Å². The molecule has 1 fully saturated rings. The number of carbonyl (C=O) groups is 1. The van der Waals surface area contributed by atoms with E-state index < -0.39 is 12.0 Å². The second kappa shape index (κ2) is 5.92. The second-order valence-corrected chi connectivity index (χ2v) is 4.86. The number of benzene rings is 1. The van der Waals surface area contributed by atoms with Gasteiger partial charge in [-0.15, -0.1) is 0 Å². The van der Waals surface area contributed by atoms with Crippen LogP contribution in [0.15, 0.2) is 24.3 Å². The second-order valence-electron chi connectivity index (χ2n) is 4.86. The number of hydrogen-bond acceptors (Lipinski definition) is 4. The molecule has 1 aliphatic rings. The third-order valence-electron chi connectivity index (χ3n) is 3.50. The molecule has 6 heteroatoms. The maximum absolute atomic E-state index is 11.2. The summed E-state index contributed by atoms with van der Waals surface area (Å²) in [4.78, 5) is 13.1. The number of nitrogens with two attached hydrogens (primary N) is 1. The van der Waals surface area contributed by atoms with Crippen LogP contribution in [0.3, 0.4) is 0 Å². The molecule has 0 aromatic heterocycles. The minimum absolute atomic E-state index is 0.0135. The third-order valence-corrected chi connectivity index (χ3v) is 3.50. The van der Waals surface area contributed by atoms with E-state index in [1.54, 1.807) is 24.3 Å². The predicted octanol–water partition coefficient (Wildman–Crippen LogP) is 0.897. The summed E-state index contributed by atoms with van der Waals surface area (Å²) in [5.41, 5.74) is 6.04. The first-order valence-electron chi connectivity index (χ1n) is 6.59. The Morgan fingerprint density at radius 2 is 2.35 bits per heavy atom. The molecule has 1 aromatic carbocycles. The van der Waals surface area contributed by atoms with Gasteiger partial charge in [0.05, 0.1) is 0 Å². The zero-order valence-corrected chi connectivity index (χ0v) is 11.4. The lowest BCUT2D eigenvalue weighted by atomic mass is 10.2. The highest BCUT2D eigenvalue weighted by molar-refractivity contribution is 5.95. The lowest BCUT2D eigenvalue weighted by Crippen LogP contribution is -2.35. The molecule has 2 unspecified atom stereocenters. The van der Waals surface area contributed by atoms with Crippen LogP contribution in [-0.4, -0.2) is 47.0 Å². The summed E-state index contributed by atoms with van der Waals surface area (Å²) < 4.78 is 5.82. The molecule has 0 saturated carbocycles. The fourth-order valence-electron chi connectivity index (χ4n) is 2.48. The van der Waals surface area contributed by atoms with E-state index in [1.807, 2.05) is 11.8 Å². The summed E-state index contributed by atoms with van der Waals surface area (Å²) in [5, 5.41) is 16.6. The van der Waals surface area contributed by atoms with Gasteiger partial charge in [0.15, 0.2) is 0 Å². The van der Waals surface area contributed by atoms with E-state index in [4.69, 9.17) is 15.9 Å². The fourth-order valence-corrected chi connectivity index (χ4v) is 2.48. The van der Waals surface area contributed by atoms with Gasteiger partial charge >= 0.3 is 5.97 Å². The van der Waals surface area contributed by atoms with E-state index >= 15 is 0 Å². The first kappa shape index (κ1) is 14.3. The number of rotatable bonds is 5. The molecule has 6 nitrogen and oxygen atoms in total. The number of likely N-dealkylation sites (tertiary alicyclic amines) is 1. The molecular formula is C14H19N3O3. The largest absolute Gasteiger partial charge is 0.489 e. The standard InChI is InChI=1S/C14H19N3O3/c1-2-17-8-11(7-12(17)14(18)19)20-10-5-3-4-9(6-10)13(15)16/h3-6,11-12H,2,7-8H2,1H3,(H3,15,16)(H,18,19). The van der Waals surface area contributed by atoms with Crippen LogP contribution in [0.5, 0.6) is 5.75 Å². The van der Waals surface area contributed by atoms with Gasteiger partial charge in [-0.1, -0.05) is 19.1 Å². The normalized spacial score (nSPS) is 22.6. The van der Waals surface area contributed by atoms with Crippen molar-refractivity contribution in [1.82, 2.24) is 4.90 Å². The molecule has 0 bridgehead atoms. The summed E-state index contributed by atoms with van der Waals surface area (Å²) in [7, 11) is 0. The van der Waals surface area contributed by atoms with E-state index in [1.165, 1.54) is 0 Å². The first-order chi connectivity index (χ1) is 9.51. The highest BCUT2D eigenvalue weighted by atomic mass is 16.5. The highest BCUT2D eigenvalue weighted by Gasteiger charge is 2.37. The van der Waals surface area contributed by atoms with Gasteiger partial charge in [0, 0.05) is 18.5 Å². The molecule has 0 spiro atoms. The maximum atomic E-state index is 11.2. The van der Waals surface area contributed by atoms with Crippen LogP contribution in [0.2, 0.25) is 0 Å². The summed E-state index contributed by atoms with van der Waals surface area (Å²) in [6.45, 7) is 3.22. The van der Waals surface area contributed by atoms with Gasteiger partial charge < -0.3 is 15.6 Å². The van der Waals surface area contributed by atoms with E-state index in [0.717, 1.165) is 0 Å². The molecule has 108 valence electrons. The molecular weight excluding hydrogens is 258 g/mol. The third kappa shape index (κ3) is 3.08. The number of nitrogen functional groups attached to an aromatic ring is 1. The van der Waals surface area contributed by atoms with Crippen molar-refractivity contribution in [3.05, 3.63) is 29.8 Å². The number of carboxylic acids is 1. The molecule has 4 N–H and O–H groups in total.